The molecule has 0 saturated heterocycles. The van der Waals surface area contributed by atoms with Gasteiger partial charge in [0, 0.05) is 6.20 Å². The minimum Gasteiger partial charge on any atom is -0.281 e. The number of sulfonamides is 1. The quantitative estimate of drug-likeness (QED) is 0.833. The lowest BCUT2D eigenvalue weighted by Crippen LogP contribution is -2.23. The van der Waals surface area contributed by atoms with Gasteiger partial charge in [0.1, 0.15) is 0 Å². The Morgan fingerprint density at radius 2 is 2.20 bits per heavy atom. The first-order valence-electron chi connectivity index (χ1n) is 4.28. The largest absolute Gasteiger partial charge is 0.281 e. The molecule has 0 radical (unpaired) electrons. The van der Waals surface area contributed by atoms with Gasteiger partial charge in [0.25, 0.3) is 0 Å². The number of aromatic nitrogens is 1. The Bertz CT molecular complexity index is 490. The van der Waals surface area contributed by atoms with Crippen molar-refractivity contribution in [2.45, 2.75) is 19.1 Å². The zero-order valence-corrected chi connectivity index (χ0v) is 9.25. The summed E-state index contributed by atoms with van der Waals surface area (Å²) in [6.45, 7) is 3.13. The van der Waals surface area contributed by atoms with E-state index in [-0.39, 0.29) is 0 Å². The van der Waals surface area contributed by atoms with Crippen LogP contribution >= 0.6 is 0 Å². The maximum atomic E-state index is 11.5. The summed E-state index contributed by atoms with van der Waals surface area (Å²) in [6, 6.07) is 3.32. The lowest BCUT2D eigenvalue weighted by atomic mass is 10.3. The van der Waals surface area contributed by atoms with Crippen LogP contribution in [0.2, 0.25) is 0 Å². The van der Waals surface area contributed by atoms with Gasteiger partial charge in [-0.1, -0.05) is 0 Å². The molecule has 80 valence electrons. The summed E-state index contributed by atoms with van der Waals surface area (Å²) in [5.41, 5.74) is 1.22. The van der Waals surface area contributed by atoms with Gasteiger partial charge in [-0.15, -0.1) is 0 Å². The van der Waals surface area contributed by atoms with Crippen LogP contribution < -0.4 is 4.72 Å². The fourth-order valence-corrected chi connectivity index (χ4v) is 1.69. The van der Waals surface area contributed by atoms with Gasteiger partial charge in [0.15, 0.2) is 5.25 Å². The molecule has 6 heteroatoms. The fourth-order valence-electron chi connectivity index (χ4n) is 0.933. The second-order valence-corrected chi connectivity index (χ2v) is 5.17. The number of anilines is 1. The number of pyridine rings is 1. The standard InChI is InChI=1S/C9H11N3O2S/c1-7-3-9(6-11-5-7)12-15(13,14)8(2)4-10/h3,5-6,8,12H,1-2H3. The molecule has 0 fully saturated rings. The summed E-state index contributed by atoms with van der Waals surface area (Å²) in [4.78, 5) is 3.84. The van der Waals surface area contributed by atoms with Gasteiger partial charge in [0.2, 0.25) is 10.0 Å². The number of nitriles is 1. The average molecular weight is 225 g/mol. The van der Waals surface area contributed by atoms with Crippen molar-refractivity contribution in [3.63, 3.8) is 0 Å². The van der Waals surface area contributed by atoms with Gasteiger partial charge in [-0.2, -0.15) is 5.26 Å². The number of hydrogen-bond donors (Lipinski definition) is 1. The maximum Gasteiger partial charge on any atom is 0.248 e. The van der Waals surface area contributed by atoms with Gasteiger partial charge in [-0.25, -0.2) is 8.42 Å². The van der Waals surface area contributed by atoms with Crippen LogP contribution in [0, 0.1) is 18.3 Å². The van der Waals surface area contributed by atoms with E-state index in [9.17, 15) is 8.42 Å². The highest BCUT2D eigenvalue weighted by Crippen LogP contribution is 2.11. The molecule has 0 spiro atoms. The normalized spacial score (nSPS) is 12.9. The predicted molar refractivity (Wildman–Crippen MR) is 56.6 cm³/mol. The molecule has 5 nitrogen and oxygen atoms in total. The highest BCUT2D eigenvalue weighted by atomic mass is 32.2. The molecule has 1 aromatic rings. The third-order valence-corrected chi connectivity index (χ3v) is 3.34. The second kappa shape index (κ2) is 4.28. The molecule has 1 N–H and O–H groups in total. The lowest BCUT2D eigenvalue weighted by Gasteiger charge is -2.08. The van der Waals surface area contributed by atoms with E-state index in [4.69, 9.17) is 5.26 Å². The number of rotatable bonds is 3. The van der Waals surface area contributed by atoms with E-state index in [2.05, 4.69) is 9.71 Å². The van der Waals surface area contributed by atoms with E-state index in [1.165, 1.54) is 13.1 Å². The number of nitrogens with one attached hydrogen (secondary N) is 1. The summed E-state index contributed by atoms with van der Waals surface area (Å²) in [5, 5.41) is 7.43. The van der Waals surface area contributed by atoms with E-state index in [0.717, 1.165) is 5.56 Å². The molecule has 0 amide bonds. The molecule has 0 aliphatic rings. The van der Waals surface area contributed by atoms with Crippen LogP contribution in [0.3, 0.4) is 0 Å². The molecule has 1 rings (SSSR count). The Morgan fingerprint density at radius 1 is 1.53 bits per heavy atom. The Balaban J connectivity index is 2.93. The summed E-state index contributed by atoms with van der Waals surface area (Å²) in [6.07, 6.45) is 3.01. The van der Waals surface area contributed by atoms with Crippen LogP contribution in [0.5, 0.6) is 0 Å². The average Bonchev–Trinajstić information content (AvgIpc) is 2.15. The first-order chi connectivity index (χ1) is 6.95. The molecule has 15 heavy (non-hydrogen) atoms. The van der Waals surface area contributed by atoms with E-state index < -0.39 is 15.3 Å². The summed E-state index contributed by atoms with van der Waals surface area (Å²) >= 11 is 0. The van der Waals surface area contributed by atoms with Crippen molar-refractivity contribution in [2.75, 3.05) is 4.72 Å². The molecule has 1 aromatic heterocycles. The van der Waals surface area contributed by atoms with Crippen LogP contribution in [0.15, 0.2) is 18.5 Å². The van der Waals surface area contributed by atoms with Crippen LogP contribution in [-0.4, -0.2) is 18.7 Å². The SMILES string of the molecule is Cc1cncc(NS(=O)(=O)C(C)C#N)c1. The molecular formula is C9H11N3O2S. The number of nitrogens with zero attached hydrogens (tertiary/aromatic N) is 2. The van der Waals surface area contributed by atoms with Gasteiger partial charge in [-0.3, -0.25) is 9.71 Å². The Labute approximate surface area is 88.8 Å². The highest BCUT2D eigenvalue weighted by molar-refractivity contribution is 7.93. The van der Waals surface area contributed by atoms with Gasteiger partial charge in [-0.05, 0) is 25.5 Å². The first kappa shape index (κ1) is 11.5. The van der Waals surface area contributed by atoms with Crippen LogP contribution in [-0.2, 0) is 10.0 Å². The lowest BCUT2D eigenvalue weighted by molar-refractivity contribution is 0.597. The second-order valence-electron chi connectivity index (χ2n) is 3.17. The van der Waals surface area contributed by atoms with E-state index >= 15 is 0 Å². The van der Waals surface area contributed by atoms with Crippen molar-refractivity contribution in [2.24, 2.45) is 0 Å². The van der Waals surface area contributed by atoms with Crippen LogP contribution in [0.25, 0.3) is 0 Å². The van der Waals surface area contributed by atoms with Crippen molar-refractivity contribution < 1.29 is 8.42 Å². The first-order valence-corrected chi connectivity index (χ1v) is 5.83. The molecule has 0 aromatic carbocycles. The zero-order chi connectivity index (χ0) is 11.5. The molecule has 0 aliphatic heterocycles. The number of hydrogen-bond acceptors (Lipinski definition) is 4. The third kappa shape index (κ3) is 2.92. The molecule has 0 bridgehead atoms. The monoisotopic (exact) mass is 225 g/mol. The van der Waals surface area contributed by atoms with Crippen molar-refractivity contribution in [3.05, 3.63) is 24.0 Å². The third-order valence-electron chi connectivity index (χ3n) is 1.78. The van der Waals surface area contributed by atoms with Crippen LogP contribution in [0.1, 0.15) is 12.5 Å². The minimum atomic E-state index is -3.63. The molecule has 1 atom stereocenters. The summed E-state index contributed by atoms with van der Waals surface area (Å²) < 4.78 is 25.3. The molecule has 0 aliphatic carbocycles. The van der Waals surface area contributed by atoms with Gasteiger partial charge < -0.3 is 0 Å². The smallest absolute Gasteiger partial charge is 0.248 e. The molecular weight excluding hydrogens is 214 g/mol. The van der Waals surface area contributed by atoms with Crippen LogP contribution in [0.4, 0.5) is 5.69 Å². The van der Waals surface area contributed by atoms with Crippen molar-refractivity contribution in [3.8, 4) is 6.07 Å². The highest BCUT2D eigenvalue weighted by Gasteiger charge is 2.19. The van der Waals surface area contributed by atoms with Crippen molar-refractivity contribution in [1.82, 2.24) is 4.98 Å². The predicted octanol–water partition coefficient (Wildman–Crippen LogP) is 1.04. The summed E-state index contributed by atoms with van der Waals surface area (Å²) in [7, 11) is -3.63. The Hall–Kier alpha value is -1.61. The van der Waals surface area contributed by atoms with E-state index in [1.807, 2.05) is 0 Å². The molecule has 0 saturated carbocycles. The Kier molecular flexibility index (Phi) is 3.27. The minimum absolute atomic E-state index is 0.372. The molecule has 1 heterocycles. The number of aryl methyl sites for hydroxylation is 1. The Morgan fingerprint density at radius 3 is 2.73 bits per heavy atom. The zero-order valence-electron chi connectivity index (χ0n) is 8.43. The fraction of sp³-hybridized carbons (Fsp3) is 0.333. The summed E-state index contributed by atoms with van der Waals surface area (Å²) in [5.74, 6) is 0. The topological polar surface area (TPSA) is 82.8 Å². The van der Waals surface area contributed by atoms with Gasteiger partial charge >= 0.3 is 0 Å². The van der Waals surface area contributed by atoms with Crippen molar-refractivity contribution >= 4 is 15.7 Å². The van der Waals surface area contributed by atoms with Crippen molar-refractivity contribution in [1.29, 1.82) is 5.26 Å². The molecule has 1 unspecified atom stereocenters. The van der Waals surface area contributed by atoms with E-state index in [0.29, 0.717) is 5.69 Å². The maximum absolute atomic E-state index is 11.5. The van der Waals surface area contributed by atoms with Gasteiger partial charge in [0.05, 0.1) is 18.0 Å². The van der Waals surface area contributed by atoms with E-state index in [1.54, 1.807) is 25.3 Å².